The van der Waals surface area contributed by atoms with Crippen molar-refractivity contribution in [1.82, 2.24) is 4.90 Å². The zero-order chi connectivity index (χ0) is 5.56. The van der Waals surface area contributed by atoms with Gasteiger partial charge in [0.1, 0.15) is 0 Å². The van der Waals surface area contributed by atoms with Crippen molar-refractivity contribution in [2.75, 3.05) is 19.6 Å². The molecule has 62 valence electrons. The van der Waals surface area contributed by atoms with E-state index in [9.17, 15) is 0 Å². The lowest BCUT2D eigenvalue weighted by atomic mass is 10.0. The fourth-order valence-electron chi connectivity index (χ4n) is 1.83. The maximum atomic E-state index is 5.78. The Labute approximate surface area is 74.0 Å². The van der Waals surface area contributed by atoms with Gasteiger partial charge in [-0.15, -0.1) is 24.8 Å². The van der Waals surface area contributed by atoms with Crippen LogP contribution < -0.4 is 5.73 Å². The summed E-state index contributed by atoms with van der Waals surface area (Å²) in [5.74, 6) is 0.843. The van der Waals surface area contributed by atoms with Gasteiger partial charge in [-0.25, -0.2) is 0 Å². The van der Waals surface area contributed by atoms with Crippen LogP contribution in [0.15, 0.2) is 0 Å². The van der Waals surface area contributed by atoms with Crippen LogP contribution in [0.3, 0.4) is 0 Å². The lowest BCUT2D eigenvalue weighted by Gasteiger charge is -2.16. The first-order valence-electron chi connectivity index (χ1n) is 3.34. The van der Waals surface area contributed by atoms with Crippen LogP contribution in [0.2, 0.25) is 0 Å². The van der Waals surface area contributed by atoms with E-state index in [1.165, 1.54) is 19.5 Å². The summed E-state index contributed by atoms with van der Waals surface area (Å²) in [5, 5.41) is 0. The summed E-state index contributed by atoms with van der Waals surface area (Å²) in [5.41, 5.74) is 5.78. The van der Waals surface area contributed by atoms with Crippen molar-refractivity contribution in [2.45, 2.75) is 12.5 Å². The molecule has 2 N–H and O–H groups in total. The molecule has 4 heteroatoms. The molecule has 2 nitrogen and oxygen atoms in total. The van der Waals surface area contributed by atoms with E-state index < -0.39 is 0 Å². The van der Waals surface area contributed by atoms with Crippen LogP contribution in [0.4, 0.5) is 0 Å². The van der Waals surface area contributed by atoms with Crippen molar-refractivity contribution in [3.63, 3.8) is 0 Å². The van der Waals surface area contributed by atoms with Gasteiger partial charge in [0, 0.05) is 19.1 Å². The van der Waals surface area contributed by atoms with E-state index in [1.54, 1.807) is 0 Å². The Bertz CT molecular complexity index is 108. The minimum atomic E-state index is 0. The Kier molecular flexibility index (Phi) is 3.95. The van der Waals surface area contributed by atoms with Crippen LogP contribution in [-0.4, -0.2) is 30.6 Å². The zero-order valence-electron chi connectivity index (χ0n) is 5.82. The Balaban J connectivity index is 0.000000405. The molecule has 2 aliphatic rings. The highest BCUT2D eigenvalue weighted by Crippen LogP contribution is 2.25. The second-order valence-electron chi connectivity index (χ2n) is 2.97. The van der Waals surface area contributed by atoms with E-state index in [4.69, 9.17) is 5.73 Å². The van der Waals surface area contributed by atoms with Gasteiger partial charge in [-0.05, 0) is 18.9 Å². The van der Waals surface area contributed by atoms with E-state index >= 15 is 0 Å². The summed E-state index contributed by atoms with van der Waals surface area (Å²) in [7, 11) is 0. The summed E-state index contributed by atoms with van der Waals surface area (Å²) < 4.78 is 0. The van der Waals surface area contributed by atoms with E-state index in [1.807, 2.05) is 0 Å². The standard InChI is InChI=1S/C6H12N2.2ClH/c7-6-4-8-2-1-5(6)3-8;;/h5-6H,1-4,7H2;2*1H/t5-,6+;;/m1../s1. The van der Waals surface area contributed by atoms with E-state index in [0.717, 1.165) is 12.5 Å². The quantitative estimate of drug-likeness (QED) is 0.595. The summed E-state index contributed by atoms with van der Waals surface area (Å²) in [6.07, 6.45) is 1.35. The number of fused-ring (bicyclic) bond motifs is 2. The minimum Gasteiger partial charge on any atom is -0.326 e. The largest absolute Gasteiger partial charge is 0.326 e. The Morgan fingerprint density at radius 1 is 1.20 bits per heavy atom. The molecule has 2 rings (SSSR count). The highest BCUT2D eigenvalue weighted by molar-refractivity contribution is 5.85. The third kappa shape index (κ3) is 1.56. The van der Waals surface area contributed by atoms with Crippen LogP contribution in [0.5, 0.6) is 0 Å². The molecule has 2 heterocycles. The van der Waals surface area contributed by atoms with Crippen molar-refractivity contribution >= 4 is 24.8 Å². The van der Waals surface area contributed by atoms with Gasteiger partial charge in [-0.3, -0.25) is 0 Å². The molecular weight excluding hydrogens is 171 g/mol. The third-order valence-corrected chi connectivity index (χ3v) is 2.38. The van der Waals surface area contributed by atoms with Crippen LogP contribution in [0, 0.1) is 5.92 Å². The van der Waals surface area contributed by atoms with Crippen LogP contribution in [-0.2, 0) is 0 Å². The highest BCUT2D eigenvalue weighted by atomic mass is 35.5. The van der Waals surface area contributed by atoms with Crippen LogP contribution in [0.1, 0.15) is 6.42 Å². The minimum absolute atomic E-state index is 0. The number of rotatable bonds is 0. The number of nitrogens with zero attached hydrogens (tertiary/aromatic N) is 1. The van der Waals surface area contributed by atoms with Gasteiger partial charge in [0.05, 0.1) is 0 Å². The summed E-state index contributed by atoms with van der Waals surface area (Å²) >= 11 is 0. The van der Waals surface area contributed by atoms with Crippen molar-refractivity contribution < 1.29 is 0 Å². The lowest BCUT2D eigenvalue weighted by Crippen LogP contribution is -2.34. The van der Waals surface area contributed by atoms with E-state index in [-0.39, 0.29) is 24.8 Å². The number of hydrogen-bond acceptors (Lipinski definition) is 2. The Morgan fingerprint density at radius 2 is 1.90 bits per heavy atom. The summed E-state index contributed by atoms with van der Waals surface area (Å²) in [4.78, 5) is 2.45. The summed E-state index contributed by atoms with van der Waals surface area (Å²) in [6.45, 7) is 3.74. The van der Waals surface area contributed by atoms with E-state index in [0.29, 0.717) is 6.04 Å². The number of hydrogen-bond donors (Lipinski definition) is 1. The smallest absolute Gasteiger partial charge is 0.0209 e. The molecule has 0 aromatic heterocycles. The average Bonchev–Trinajstić information content (AvgIpc) is 2.23. The average molecular weight is 185 g/mol. The Hall–Kier alpha value is 0.500. The lowest BCUT2D eigenvalue weighted by molar-refractivity contribution is 0.346. The van der Waals surface area contributed by atoms with Crippen LogP contribution in [0.25, 0.3) is 0 Å². The zero-order valence-corrected chi connectivity index (χ0v) is 7.46. The fourth-order valence-corrected chi connectivity index (χ4v) is 1.83. The number of nitrogens with two attached hydrogens (primary N) is 1. The number of halogens is 2. The first-order chi connectivity index (χ1) is 3.86. The van der Waals surface area contributed by atoms with E-state index in [2.05, 4.69) is 4.90 Å². The van der Waals surface area contributed by atoms with Crippen molar-refractivity contribution in [1.29, 1.82) is 0 Å². The molecule has 10 heavy (non-hydrogen) atoms. The van der Waals surface area contributed by atoms with Gasteiger partial charge in [-0.2, -0.15) is 0 Å². The molecule has 0 radical (unpaired) electrons. The van der Waals surface area contributed by atoms with Gasteiger partial charge in [0.2, 0.25) is 0 Å². The molecule has 3 atom stereocenters. The van der Waals surface area contributed by atoms with Crippen molar-refractivity contribution in [2.24, 2.45) is 11.7 Å². The first-order valence-corrected chi connectivity index (χ1v) is 3.34. The molecule has 2 fully saturated rings. The molecule has 0 aromatic rings. The second kappa shape index (κ2) is 3.77. The van der Waals surface area contributed by atoms with Gasteiger partial charge >= 0.3 is 0 Å². The predicted molar refractivity (Wildman–Crippen MR) is 47.0 cm³/mol. The Morgan fingerprint density at radius 3 is 2.10 bits per heavy atom. The molecule has 2 aliphatic heterocycles. The highest BCUT2D eigenvalue weighted by Gasteiger charge is 2.35. The second-order valence-corrected chi connectivity index (χ2v) is 2.97. The van der Waals surface area contributed by atoms with Crippen LogP contribution >= 0.6 is 24.8 Å². The fraction of sp³-hybridized carbons (Fsp3) is 1.00. The molecule has 0 aromatic carbocycles. The predicted octanol–water partition coefficient (Wildman–Crippen LogP) is 0.493. The SMILES string of the molecule is Cl.Cl.N[C@H]1CN2CC[C@@H]1C2. The molecule has 0 saturated carbocycles. The van der Waals surface area contributed by atoms with Crippen molar-refractivity contribution in [3.05, 3.63) is 0 Å². The van der Waals surface area contributed by atoms with Gasteiger partial charge < -0.3 is 10.6 Å². The molecule has 1 unspecified atom stereocenters. The molecule has 2 saturated heterocycles. The number of piperidine rings is 1. The first kappa shape index (κ1) is 10.5. The molecular formula is C6H14Cl2N2. The molecule has 0 spiro atoms. The maximum Gasteiger partial charge on any atom is 0.0209 e. The summed E-state index contributed by atoms with van der Waals surface area (Å²) in [6, 6.07) is 0.503. The molecule has 2 bridgehead atoms. The third-order valence-electron chi connectivity index (χ3n) is 2.38. The van der Waals surface area contributed by atoms with Gasteiger partial charge in [0.25, 0.3) is 0 Å². The monoisotopic (exact) mass is 184 g/mol. The normalized spacial score (nSPS) is 42.3. The molecule has 0 aliphatic carbocycles. The topological polar surface area (TPSA) is 29.3 Å². The van der Waals surface area contributed by atoms with Crippen molar-refractivity contribution in [3.8, 4) is 0 Å². The van der Waals surface area contributed by atoms with Gasteiger partial charge in [0.15, 0.2) is 0 Å². The molecule has 0 amide bonds. The van der Waals surface area contributed by atoms with Gasteiger partial charge in [-0.1, -0.05) is 0 Å². The maximum absolute atomic E-state index is 5.78.